The fraction of sp³-hybridized carbons (Fsp3) is 0.696. The molecule has 0 spiro atoms. The van der Waals surface area contributed by atoms with Gasteiger partial charge in [-0.05, 0) is 68.9 Å². The van der Waals surface area contributed by atoms with Crippen LogP contribution in [0, 0.1) is 0 Å². The fourth-order valence-electron chi connectivity index (χ4n) is 4.72. The summed E-state index contributed by atoms with van der Waals surface area (Å²) >= 11 is 0. The van der Waals surface area contributed by atoms with Gasteiger partial charge in [-0.1, -0.05) is 32.0 Å². The Hall–Kier alpha value is -1.43. The van der Waals surface area contributed by atoms with Crippen LogP contribution in [0.25, 0.3) is 0 Å². The predicted octanol–water partition coefficient (Wildman–Crippen LogP) is 1.92. The van der Waals surface area contributed by atoms with Crippen LogP contribution in [0.5, 0.6) is 0 Å². The molecule has 2 aliphatic rings. The van der Waals surface area contributed by atoms with Crippen LogP contribution in [-0.4, -0.2) is 79.0 Å². The third-order valence-electron chi connectivity index (χ3n) is 6.64. The van der Waals surface area contributed by atoms with Crippen molar-refractivity contribution in [1.82, 2.24) is 14.7 Å². The van der Waals surface area contributed by atoms with Crippen molar-refractivity contribution in [1.29, 1.82) is 0 Å². The molecule has 2 aliphatic heterocycles. The number of nitrogens with zero attached hydrogens (tertiary/aromatic N) is 3. The van der Waals surface area contributed by atoms with E-state index >= 15 is 0 Å². The smallest absolute Gasteiger partial charge is 0.239 e. The van der Waals surface area contributed by atoms with Crippen molar-refractivity contribution < 1.29 is 4.79 Å². The summed E-state index contributed by atoms with van der Waals surface area (Å²) in [5.74, 6) is 0.112. The van der Waals surface area contributed by atoms with Crippen LogP contribution in [0.15, 0.2) is 18.2 Å². The lowest BCUT2D eigenvalue weighted by atomic mass is 9.96. The van der Waals surface area contributed by atoms with E-state index in [9.17, 15) is 4.79 Å². The molecule has 1 aromatic carbocycles. The molecular weight excluding hydrogens is 348 g/mol. The summed E-state index contributed by atoms with van der Waals surface area (Å²) in [4.78, 5) is 19.9. The Bertz CT molecular complexity index is 646. The van der Waals surface area contributed by atoms with Gasteiger partial charge in [-0.3, -0.25) is 9.69 Å². The standard InChI is InChI=1S/C23H38N4O/c1-4-19-7-6-18(16-20(19)5-2)17-22(24)23(28)27-14-12-26(13-15-27)21-8-10-25(3)11-9-21/h6-7,16,21-22H,4-5,8-15,17,24H2,1-3H3. The second-order valence-electron chi connectivity index (χ2n) is 8.52. The lowest BCUT2D eigenvalue weighted by Gasteiger charge is -2.42. The van der Waals surface area contributed by atoms with Gasteiger partial charge in [0.2, 0.25) is 5.91 Å². The molecule has 0 saturated carbocycles. The summed E-state index contributed by atoms with van der Waals surface area (Å²) in [6, 6.07) is 6.83. The number of aryl methyl sites for hydroxylation is 2. The van der Waals surface area contributed by atoms with Gasteiger partial charge in [0, 0.05) is 32.2 Å². The van der Waals surface area contributed by atoms with E-state index in [-0.39, 0.29) is 5.91 Å². The van der Waals surface area contributed by atoms with E-state index in [1.54, 1.807) is 0 Å². The van der Waals surface area contributed by atoms with Crippen LogP contribution in [0.2, 0.25) is 0 Å². The lowest BCUT2D eigenvalue weighted by Crippen LogP contribution is -2.56. The minimum absolute atomic E-state index is 0.112. The van der Waals surface area contributed by atoms with Crippen molar-refractivity contribution in [3.8, 4) is 0 Å². The molecule has 0 bridgehead atoms. The van der Waals surface area contributed by atoms with Crippen LogP contribution < -0.4 is 5.73 Å². The zero-order valence-corrected chi connectivity index (χ0v) is 18.0. The zero-order valence-electron chi connectivity index (χ0n) is 18.0. The highest BCUT2D eigenvalue weighted by atomic mass is 16.2. The molecule has 1 aromatic rings. The fourth-order valence-corrected chi connectivity index (χ4v) is 4.72. The number of amides is 1. The Morgan fingerprint density at radius 1 is 1.04 bits per heavy atom. The largest absolute Gasteiger partial charge is 0.339 e. The molecular formula is C23H38N4O. The molecule has 2 fully saturated rings. The van der Waals surface area contributed by atoms with Gasteiger partial charge in [-0.25, -0.2) is 0 Å². The van der Waals surface area contributed by atoms with E-state index in [0.29, 0.717) is 12.5 Å². The third-order valence-corrected chi connectivity index (χ3v) is 6.64. The zero-order chi connectivity index (χ0) is 20.1. The maximum absolute atomic E-state index is 12.9. The first kappa shape index (κ1) is 21.3. The van der Waals surface area contributed by atoms with Gasteiger partial charge in [-0.15, -0.1) is 0 Å². The van der Waals surface area contributed by atoms with Crippen molar-refractivity contribution in [3.63, 3.8) is 0 Å². The summed E-state index contributed by atoms with van der Waals surface area (Å²) in [6.45, 7) is 10.3. The number of rotatable bonds is 6. The number of carbonyl (C=O) groups excluding carboxylic acids is 1. The van der Waals surface area contributed by atoms with Crippen LogP contribution in [-0.2, 0) is 24.1 Å². The predicted molar refractivity (Wildman–Crippen MR) is 116 cm³/mol. The topological polar surface area (TPSA) is 52.8 Å². The molecule has 1 unspecified atom stereocenters. The Kier molecular flexibility index (Phi) is 7.49. The highest BCUT2D eigenvalue weighted by molar-refractivity contribution is 5.82. The summed E-state index contributed by atoms with van der Waals surface area (Å²) < 4.78 is 0. The molecule has 0 aromatic heterocycles. The number of piperidine rings is 1. The third kappa shape index (κ3) is 5.13. The Balaban J connectivity index is 1.50. The normalized spacial score (nSPS) is 21.1. The quantitative estimate of drug-likeness (QED) is 0.812. The monoisotopic (exact) mass is 386 g/mol. The van der Waals surface area contributed by atoms with E-state index in [4.69, 9.17) is 5.73 Å². The number of benzene rings is 1. The lowest BCUT2D eigenvalue weighted by molar-refractivity contribution is -0.134. The molecule has 1 amide bonds. The Morgan fingerprint density at radius 3 is 2.29 bits per heavy atom. The average Bonchev–Trinajstić information content (AvgIpc) is 2.73. The van der Waals surface area contributed by atoms with Gasteiger partial charge < -0.3 is 15.5 Å². The average molecular weight is 387 g/mol. The molecule has 5 nitrogen and oxygen atoms in total. The maximum atomic E-state index is 12.9. The van der Waals surface area contributed by atoms with Crippen LogP contribution in [0.4, 0.5) is 0 Å². The van der Waals surface area contributed by atoms with Gasteiger partial charge in [0.1, 0.15) is 0 Å². The van der Waals surface area contributed by atoms with E-state index < -0.39 is 6.04 Å². The van der Waals surface area contributed by atoms with Gasteiger partial charge in [0.15, 0.2) is 0 Å². The van der Waals surface area contributed by atoms with Crippen molar-refractivity contribution in [2.24, 2.45) is 5.73 Å². The van der Waals surface area contributed by atoms with Crippen molar-refractivity contribution >= 4 is 5.91 Å². The van der Waals surface area contributed by atoms with Gasteiger partial charge in [0.05, 0.1) is 6.04 Å². The van der Waals surface area contributed by atoms with Gasteiger partial charge in [0.25, 0.3) is 0 Å². The first-order chi connectivity index (χ1) is 13.5. The number of likely N-dealkylation sites (tertiary alicyclic amines) is 1. The number of hydrogen-bond donors (Lipinski definition) is 1. The maximum Gasteiger partial charge on any atom is 0.239 e. The summed E-state index contributed by atoms with van der Waals surface area (Å²) in [5.41, 5.74) is 10.3. The molecule has 3 rings (SSSR count). The van der Waals surface area contributed by atoms with Crippen molar-refractivity contribution in [2.75, 3.05) is 46.3 Å². The van der Waals surface area contributed by atoms with E-state index in [2.05, 4.69) is 48.9 Å². The molecule has 0 aliphatic carbocycles. The van der Waals surface area contributed by atoms with Gasteiger partial charge in [-0.2, -0.15) is 0 Å². The molecule has 1 atom stereocenters. The Labute approximate surface area is 170 Å². The summed E-state index contributed by atoms with van der Waals surface area (Å²) in [5, 5.41) is 0. The first-order valence-electron chi connectivity index (χ1n) is 11.1. The van der Waals surface area contributed by atoms with E-state index in [0.717, 1.165) is 39.0 Å². The van der Waals surface area contributed by atoms with Crippen LogP contribution in [0.1, 0.15) is 43.4 Å². The summed E-state index contributed by atoms with van der Waals surface area (Å²) in [7, 11) is 2.20. The minimum Gasteiger partial charge on any atom is -0.339 e. The van der Waals surface area contributed by atoms with E-state index in [1.165, 1.54) is 42.6 Å². The van der Waals surface area contributed by atoms with Gasteiger partial charge >= 0.3 is 0 Å². The second kappa shape index (κ2) is 9.86. The highest BCUT2D eigenvalue weighted by Crippen LogP contribution is 2.19. The van der Waals surface area contributed by atoms with Crippen molar-refractivity contribution in [2.45, 2.75) is 58.0 Å². The number of nitrogens with two attached hydrogens (primary N) is 1. The van der Waals surface area contributed by atoms with Crippen LogP contribution in [0.3, 0.4) is 0 Å². The second-order valence-corrected chi connectivity index (χ2v) is 8.52. The highest BCUT2D eigenvalue weighted by Gasteiger charge is 2.29. The number of carbonyl (C=O) groups is 1. The summed E-state index contributed by atoms with van der Waals surface area (Å²) in [6.07, 6.45) is 5.20. The molecule has 2 heterocycles. The minimum atomic E-state index is -0.438. The number of piperazine rings is 1. The number of hydrogen-bond acceptors (Lipinski definition) is 4. The molecule has 0 radical (unpaired) electrons. The van der Waals surface area contributed by atoms with Crippen LogP contribution >= 0.6 is 0 Å². The molecule has 156 valence electrons. The molecule has 2 saturated heterocycles. The van der Waals surface area contributed by atoms with Crippen molar-refractivity contribution in [3.05, 3.63) is 34.9 Å². The van der Waals surface area contributed by atoms with E-state index in [1.807, 2.05) is 4.90 Å². The Morgan fingerprint density at radius 2 is 1.68 bits per heavy atom. The molecule has 5 heteroatoms. The SMILES string of the molecule is CCc1ccc(CC(N)C(=O)N2CCN(C3CCN(C)CC3)CC2)cc1CC. The molecule has 28 heavy (non-hydrogen) atoms. The first-order valence-corrected chi connectivity index (χ1v) is 11.1. The molecule has 2 N–H and O–H groups in total.